The highest BCUT2D eigenvalue weighted by molar-refractivity contribution is 7.81. The van der Waals surface area contributed by atoms with E-state index in [2.05, 4.69) is 19.2 Å². The van der Waals surface area contributed by atoms with Gasteiger partial charge in [-0.3, -0.25) is 4.79 Å². The monoisotopic (exact) mass is 147 g/mol. The molecule has 0 heterocycles. The van der Waals surface area contributed by atoms with Gasteiger partial charge in [0.1, 0.15) is 5.25 Å². The van der Waals surface area contributed by atoms with Crippen LogP contribution in [0.3, 0.4) is 0 Å². The summed E-state index contributed by atoms with van der Waals surface area (Å²) in [5.41, 5.74) is 5.47. The number of carboxylic acid groups (broad SMARTS) is 1. The Morgan fingerprint density at radius 3 is 2.44 bits per heavy atom. The van der Waals surface area contributed by atoms with Crippen LogP contribution in [0.15, 0.2) is 12.3 Å². The molecule has 52 valence electrons. The van der Waals surface area contributed by atoms with Gasteiger partial charge in [-0.15, -0.1) is 0 Å². The fraction of sp³-hybridized carbons (Fsp3) is 0.400. The molecule has 0 aliphatic carbocycles. The second kappa shape index (κ2) is 3.40. The predicted octanol–water partition coefficient (Wildman–Crippen LogP) is 0.232. The number of allylic oxidation sites excluding steroid dienone is 1. The van der Waals surface area contributed by atoms with Gasteiger partial charge in [-0.2, -0.15) is 12.6 Å². The predicted molar refractivity (Wildman–Crippen MR) is 38.4 cm³/mol. The molecule has 0 saturated heterocycles. The van der Waals surface area contributed by atoms with Gasteiger partial charge < -0.3 is 10.8 Å². The zero-order valence-electron chi connectivity index (χ0n) is 4.87. The minimum Gasteiger partial charge on any atom is -0.480 e. The van der Waals surface area contributed by atoms with E-state index < -0.39 is 11.2 Å². The number of hydrogen-bond acceptors (Lipinski definition) is 3. The van der Waals surface area contributed by atoms with Crippen LogP contribution in [0.25, 0.3) is 0 Å². The van der Waals surface area contributed by atoms with Crippen LogP contribution in [-0.2, 0) is 4.79 Å². The van der Waals surface area contributed by atoms with Gasteiger partial charge in [0.25, 0.3) is 0 Å². The largest absolute Gasteiger partial charge is 0.480 e. The Balaban J connectivity index is 3.63. The molecule has 1 atom stereocenters. The fourth-order valence-electron chi connectivity index (χ4n) is 0.336. The van der Waals surface area contributed by atoms with Gasteiger partial charge in [-0.25, -0.2) is 0 Å². The van der Waals surface area contributed by atoms with Gasteiger partial charge in [-0.1, -0.05) is 6.58 Å². The molecule has 0 unspecified atom stereocenters. The Hall–Kier alpha value is -0.640. The van der Waals surface area contributed by atoms with E-state index in [9.17, 15) is 4.79 Å². The molecule has 0 rings (SSSR count). The zero-order valence-corrected chi connectivity index (χ0v) is 5.77. The van der Waals surface area contributed by atoms with Crippen LogP contribution in [0.2, 0.25) is 0 Å². The molecule has 0 aliphatic heterocycles. The highest BCUT2D eigenvalue weighted by atomic mass is 32.1. The van der Waals surface area contributed by atoms with E-state index in [4.69, 9.17) is 10.8 Å². The molecule has 0 saturated carbocycles. The summed E-state index contributed by atoms with van der Waals surface area (Å²) in [5.74, 6) is -0.968. The second-order valence-electron chi connectivity index (χ2n) is 1.72. The number of carboxylic acids is 1. The number of carbonyl (C=O) groups is 1. The summed E-state index contributed by atoms with van der Waals surface area (Å²) in [5, 5.41) is 7.54. The minimum absolute atomic E-state index is 0.221. The first kappa shape index (κ1) is 8.36. The number of nitrogens with two attached hydrogens (primary N) is 1. The lowest BCUT2D eigenvalue weighted by Crippen LogP contribution is -2.15. The van der Waals surface area contributed by atoms with E-state index in [1.54, 1.807) is 0 Å². The van der Waals surface area contributed by atoms with Crippen molar-refractivity contribution in [1.82, 2.24) is 0 Å². The summed E-state index contributed by atoms with van der Waals surface area (Å²) in [6.07, 6.45) is 0.221. The van der Waals surface area contributed by atoms with Gasteiger partial charge in [0.05, 0.1) is 0 Å². The number of hydrogen-bond donors (Lipinski definition) is 3. The van der Waals surface area contributed by atoms with Crippen LogP contribution < -0.4 is 5.73 Å². The van der Waals surface area contributed by atoms with Crippen molar-refractivity contribution in [3.63, 3.8) is 0 Å². The van der Waals surface area contributed by atoms with Crippen molar-refractivity contribution in [1.29, 1.82) is 0 Å². The summed E-state index contributed by atoms with van der Waals surface area (Å²) >= 11 is 3.72. The van der Waals surface area contributed by atoms with Crippen molar-refractivity contribution in [2.75, 3.05) is 0 Å². The van der Waals surface area contributed by atoms with E-state index in [-0.39, 0.29) is 6.42 Å². The smallest absolute Gasteiger partial charge is 0.316 e. The number of aliphatic carboxylic acids is 1. The van der Waals surface area contributed by atoms with Crippen molar-refractivity contribution < 1.29 is 9.90 Å². The quantitative estimate of drug-likeness (QED) is 0.501. The molecule has 0 aromatic rings. The first-order chi connectivity index (χ1) is 4.04. The topological polar surface area (TPSA) is 63.3 Å². The lowest BCUT2D eigenvalue weighted by Gasteiger charge is -2.02. The molecule has 3 N–H and O–H groups in total. The lowest BCUT2D eigenvalue weighted by atomic mass is 10.2. The molecule has 0 radical (unpaired) electrons. The van der Waals surface area contributed by atoms with Crippen LogP contribution in [0, 0.1) is 0 Å². The molecule has 0 aromatic carbocycles. The summed E-state index contributed by atoms with van der Waals surface area (Å²) in [7, 11) is 0. The van der Waals surface area contributed by atoms with Gasteiger partial charge in [0.2, 0.25) is 0 Å². The molecular weight excluding hydrogens is 138 g/mol. The molecule has 4 heteroatoms. The Bertz CT molecular complexity index is 135. The highest BCUT2D eigenvalue weighted by Gasteiger charge is 2.10. The SMILES string of the molecule is C=C(N)C[C@H](S)C(=O)O. The maximum absolute atomic E-state index is 10.1. The average Bonchev–Trinajstić information content (AvgIpc) is 1.63. The van der Waals surface area contributed by atoms with Gasteiger partial charge in [0.15, 0.2) is 0 Å². The summed E-state index contributed by atoms with van der Waals surface area (Å²) in [4.78, 5) is 10.1. The van der Waals surface area contributed by atoms with Crippen LogP contribution >= 0.6 is 12.6 Å². The van der Waals surface area contributed by atoms with E-state index in [1.807, 2.05) is 0 Å². The molecule has 0 amide bonds. The van der Waals surface area contributed by atoms with Crippen LogP contribution in [0.5, 0.6) is 0 Å². The van der Waals surface area contributed by atoms with Crippen molar-refractivity contribution >= 4 is 18.6 Å². The van der Waals surface area contributed by atoms with Crippen molar-refractivity contribution in [2.24, 2.45) is 5.73 Å². The molecule has 0 aliphatic rings. The van der Waals surface area contributed by atoms with E-state index in [0.717, 1.165) is 0 Å². The zero-order chi connectivity index (χ0) is 7.44. The van der Waals surface area contributed by atoms with E-state index in [1.165, 1.54) is 0 Å². The molecule has 0 spiro atoms. The van der Waals surface area contributed by atoms with Crippen LogP contribution in [0.4, 0.5) is 0 Å². The van der Waals surface area contributed by atoms with E-state index in [0.29, 0.717) is 5.70 Å². The summed E-state index contributed by atoms with van der Waals surface area (Å²) in [6.45, 7) is 3.34. The van der Waals surface area contributed by atoms with Gasteiger partial charge in [0, 0.05) is 12.1 Å². The fourth-order valence-corrected chi connectivity index (χ4v) is 0.570. The third-order valence-electron chi connectivity index (χ3n) is 0.741. The number of rotatable bonds is 3. The molecule has 3 nitrogen and oxygen atoms in total. The first-order valence-electron chi connectivity index (χ1n) is 2.38. The van der Waals surface area contributed by atoms with Gasteiger partial charge >= 0.3 is 5.97 Å². The maximum Gasteiger partial charge on any atom is 0.316 e. The molecule has 0 aromatic heterocycles. The first-order valence-corrected chi connectivity index (χ1v) is 2.90. The minimum atomic E-state index is -0.968. The van der Waals surface area contributed by atoms with Crippen molar-refractivity contribution in [3.8, 4) is 0 Å². The molecule has 0 fully saturated rings. The van der Waals surface area contributed by atoms with Crippen LogP contribution in [0.1, 0.15) is 6.42 Å². The molecular formula is C5H9NO2S. The van der Waals surface area contributed by atoms with E-state index >= 15 is 0 Å². The Labute approximate surface area is 59.0 Å². The third kappa shape index (κ3) is 3.90. The third-order valence-corrected chi connectivity index (χ3v) is 1.14. The Morgan fingerprint density at radius 1 is 1.89 bits per heavy atom. The highest BCUT2D eigenvalue weighted by Crippen LogP contribution is 2.03. The standard InChI is InChI=1S/C5H9NO2S/c1-3(6)2-4(9)5(7)8/h4,9H,1-2,6H2,(H,7,8)/t4-/m0/s1. The summed E-state index contributed by atoms with van der Waals surface area (Å²) in [6, 6.07) is 0. The second-order valence-corrected chi connectivity index (χ2v) is 2.34. The molecule has 9 heavy (non-hydrogen) atoms. The average molecular weight is 147 g/mol. The Kier molecular flexibility index (Phi) is 3.16. The summed E-state index contributed by atoms with van der Waals surface area (Å²) < 4.78 is 0. The van der Waals surface area contributed by atoms with Crippen LogP contribution in [-0.4, -0.2) is 16.3 Å². The Morgan fingerprint density at radius 2 is 2.33 bits per heavy atom. The van der Waals surface area contributed by atoms with Gasteiger partial charge in [-0.05, 0) is 0 Å². The number of thiol groups is 1. The van der Waals surface area contributed by atoms with Crippen molar-refractivity contribution in [2.45, 2.75) is 11.7 Å². The maximum atomic E-state index is 10.1. The van der Waals surface area contributed by atoms with Crippen molar-refractivity contribution in [3.05, 3.63) is 12.3 Å². The lowest BCUT2D eigenvalue weighted by molar-refractivity contribution is -0.136. The normalized spacial score (nSPS) is 12.6. The molecule has 0 bridgehead atoms.